The summed E-state index contributed by atoms with van der Waals surface area (Å²) in [7, 11) is 0. The maximum Gasteiger partial charge on any atom is 0.191 e. The van der Waals surface area contributed by atoms with Crippen molar-refractivity contribution in [3.05, 3.63) is 29.8 Å². The molecule has 4 nitrogen and oxygen atoms in total. The molecule has 2 aliphatic rings. The molecule has 2 N–H and O–H groups in total. The summed E-state index contributed by atoms with van der Waals surface area (Å²) in [6, 6.07) is 8.58. The number of para-hydroxylation sites is 1. The largest absolute Gasteiger partial charge is 0.493 e. The third-order valence-corrected chi connectivity index (χ3v) is 5.51. The van der Waals surface area contributed by atoms with Crippen LogP contribution in [-0.4, -0.2) is 37.2 Å². The van der Waals surface area contributed by atoms with Gasteiger partial charge in [0, 0.05) is 25.1 Å². The van der Waals surface area contributed by atoms with Gasteiger partial charge < -0.3 is 15.4 Å². The number of fused-ring (bicyclic) bond motifs is 1. The van der Waals surface area contributed by atoms with E-state index in [4.69, 9.17) is 9.73 Å². The van der Waals surface area contributed by atoms with Gasteiger partial charge >= 0.3 is 0 Å². The minimum Gasteiger partial charge on any atom is -0.493 e. The van der Waals surface area contributed by atoms with E-state index in [0.717, 1.165) is 43.7 Å². The first-order valence-corrected chi connectivity index (χ1v) is 9.86. The fourth-order valence-corrected chi connectivity index (χ4v) is 4.33. The van der Waals surface area contributed by atoms with Gasteiger partial charge in [-0.25, -0.2) is 0 Å². The van der Waals surface area contributed by atoms with E-state index in [0.29, 0.717) is 0 Å². The van der Waals surface area contributed by atoms with Crippen LogP contribution in [0.15, 0.2) is 29.3 Å². The van der Waals surface area contributed by atoms with Crippen molar-refractivity contribution in [2.75, 3.05) is 31.2 Å². The van der Waals surface area contributed by atoms with Crippen LogP contribution in [0.3, 0.4) is 0 Å². The molecule has 1 atom stereocenters. The number of rotatable bonds is 4. The summed E-state index contributed by atoms with van der Waals surface area (Å²) < 4.78 is 5.75. The predicted molar refractivity (Wildman–Crippen MR) is 114 cm³/mol. The summed E-state index contributed by atoms with van der Waals surface area (Å²) in [6.45, 7) is 4.69. The van der Waals surface area contributed by atoms with Crippen molar-refractivity contribution in [2.45, 2.75) is 32.2 Å². The van der Waals surface area contributed by atoms with Gasteiger partial charge in [0.15, 0.2) is 5.96 Å². The highest BCUT2D eigenvalue weighted by atomic mass is 127. The number of ether oxygens (including phenoxy) is 1. The zero-order chi connectivity index (χ0) is 15.9. The van der Waals surface area contributed by atoms with E-state index < -0.39 is 0 Å². The molecule has 1 fully saturated rings. The smallest absolute Gasteiger partial charge is 0.191 e. The van der Waals surface area contributed by atoms with Crippen molar-refractivity contribution >= 4 is 41.7 Å². The highest BCUT2D eigenvalue weighted by molar-refractivity contribution is 14.0. The molecule has 6 heteroatoms. The summed E-state index contributed by atoms with van der Waals surface area (Å²) in [5, 5.41) is 7.00. The Hall–Kier alpha value is -0.630. The molecule has 2 heterocycles. The van der Waals surface area contributed by atoms with Crippen LogP contribution in [0.1, 0.15) is 37.8 Å². The van der Waals surface area contributed by atoms with Gasteiger partial charge in [-0.05, 0) is 43.3 Å². The lowest BCUT2D eigenvalue weighted by Crippen LogP contribution is -2.41. The van der Waals surface area contributed by atoms with E-state index in [-0.39, 0.29) is 30.0 Å². The Kier molecular flexibility index (Phi) is 8.52. The minimum atomic E-state index is 0. The first-order chi connectivity index (χ1) is 11.4. The molecule has 1 saturated heterocycles. The Balaban J connectivity index is 0.00000208. The summed E-state index contributed by atoms with van der Waals surface area (Å²) in [5.41, 5.74) is 1.23. The maximum absolute atomic E-state index is 5.75. The Morgan fingerprint density at radius 1 is 1.25 bits per heavy atom. The van der Waals surface area contributed by atoms with Gasteiger partial charge in [-0.1, -0.05) is 18.2 Å². The number of hydrogen-bond acceptors (Lipinski definition) is 3. The average molecular weight is 461 g/mol. The molecule has 1 unspecified atom stereocenters. The van der Waals surface area contributed by atoms with E-state index >= 15 is 0 Å². The standard InChI is InChI=1S/C18H27N3OS.HI/c1-2-19-18(20-13-14-8-11-23-12-9-14)21-16-7-10-22-17-6-4-3-5-15(16)17;/h3-6,14,16H,2,7-13H2,1H3,(H2,19,20,21);1H. The molecule has 1 aromatic rings. The molecule has 0 spiro atoms. The highest BCUT2D eigenvalue weighted by Crippen LogP contribution is 2.31. The lowest BCUT2D eigenvalue weighted by Gasteiger charge is -2.28. The third kappa shape index (κ3) is 5.44. The molecule has 0 aromatic heterocycles. The van der Waals surface area contributed by atoms with E-state index in [1.54, 1.807) is 0 Å². The summed E-state index contributed by atoms with van der Waals surface area (Å²) in [5.74, 6) is 5.26. The van der Waals surface area contributed by atoms with Gasteiger partial charge in [0.05, 0.1) is 12.6 Å². The van der Waals surface area contributed by atoms with Crippen molar-refractivity contribution in [3.8, 4) is 5.75 Å². The molecule has 24 heavy (non-hydrogen) atoms. The molecule has 3 rings (SSSR count). The number of nitrogens with one attached hydrogen (secondary N) is 2. The van der Waals surface area contributed by atoms with Crippen molar-refractivity contribution in [1.82, 2.24) is 10.6 Å². The number of aliphatic imine (C=N–C) groups is 1. The van der Waals surface area contributed by atoms with Gasteiger partial charge in [0.1, 0.15) is 5.75 Å². The molecular formula is C18H28IN3OS. The van der Waals surface area contributed by atoms with Crippen molar-refractivity contribution in [3.63, 3.8) is 0 Å². The molecule has 1 aromatic carbocycles. The summed E-state index contributed by atoms with van der Waals surface area (Å²) in [4.78, 5) is 4.85. The number of guanidine groups is 1. The number of halogens is 1. The fourth-order valence-electron chi connectivity index (χ4n) is 3.13. The fraction of sp³-hybridized carbons (Fsp3) is 0.611. The van der Waals surface area contributed by atoms with Crippen LogP contribution in [0.25, 0.3) is 0 Å². The second-order valence-corrected chi connectivity index (χ2v) is 7.37. The van der Waals surface area contributed by atoms with E-state index in [1.807, 2.05) is 12.1 Å². The second-order valence-electron chi connectivity index (χ2n) is 6.15. The quantitative estimate of drug-likeness (QED) is 0.407. The van der Waals surface area contributed by atoms with Gasteiger partial charge in [-0.2, -0.15) is 11.8 Å². The Labute approximate surface area is 166 Å². The monoisotopic (exact) mass is 461 g/mol. The summed E-state index contributed by atoms with van der Waals surface area (Å²) in [6.07, 6.45) is 3.57. The molecule has 0 aliphatic carbocycles. The normalized spacial score (nSPS) is 21.2. The Morgan fingerprint density at radius 2 is 2.04 bits per heavy atom. The van der Waals surface area contributed by atoms with Crippen LogP contribution in [0.5, 0.6) is 5.75 Å². The zero-order valence-electron chi connectivity index (χ0n) is 14.3. The Morgan fingerprint density at radius 3 is 2.83 bits per heavy atom. The molecule has 2 aliphatic heterocycles. The summed E-state index contributed by atoms with van der Waals surface area (Å²) >= 11 is 2.07. The predicted octanol–water partition coefficient (Wildman–Crippen LogP) is 3.83. The van der Waals surface area contributed by atoms with E-state index in [2.05, 4.69) is 41.5 Å². The molecule has 134 valence electrons. The van der Waals surface area contributed by atoms with Crippen molar-refractivity contribution < 1.29 is 4.74 Å². The molecule has 0 bridgehead atoms. The van der Waals surface area contributed by atoms with Gasteiger partial charge in [-0.15, -0.1) is 24.0 Å². The van der Waals surface area contributed by atoms with E-state index in [1.165, 1.54) is 29.9 Å². The molecule has 0 radical (unpaired) electrons. The van der Waals surface area contributed by atoms with Crippen molar-refractivity contribution in [1.29, 1.82) is 0 Å². The molecular weight excluding hydrogens is 433 g/mol. The average Bonchev–Trinajstić information content (AvgIpc) is 2.61. The van der Waals surface area contributed by atoms with Crippen LogP contribution < -0.4 is 15.4 Å². The number of hydrogen-bond donors (Lipinski definition) is 2. The highest BCUT2D eigenvalue weighted by Gasteiger charge is 2.22. The Bertz CT molecular complexity index is 535. The first-order valence-electron chi connectivity index (χ1n) is 8.71. The van der Waals surface area contributed by atoms with Crippen LogP contribution in [-0.2, 0) is 0 Å². The van der Waals surface area contributed by atoms with Gasteiger partial charge in [-0.3, -0.25) is 4.99 Å². The lowest BCUT2D eigenvalue weighted by molar-refractivity contribution is 0.261. The first kappa shape index (κ1) is 19.7. The second kappa shape index (κ2) is 10.4. The van der Waals surface area contributed by atoms with Crippen LogP contribution in [0, 0.1) is 5.92 Å². The SMILES string of the molecule is CCNC(=NCC1CCSCC1)NC1CCOc2ccccc21.I. The lowest BCUT2D eigenvalue weighted by atomic mass is 10.0. The van der Waals surface area contributed by atoms with Crippen LogP contribution >= 0.6 is 35.7 Å². The minimum absolute atomic E-state index is 0. The topological polar surface area (TPSA) is 45.7 Å². The van der Waals surface area contributed by atoms with Crippen molar-refractivity contribution in [2.24, 2.45) is 10.9 Å². The van der Waals surface area contributed by atoms with E-state index in [9.17, 15) is 0 Å². The third-order valence-electron chi connectivity index (χ3n) is 4.46. The van der Waals surface area contributed by atoms with Crippen LogP contribution in [0.2, 0.25) is 0 Å². The van der Waals surface area contributed by atoms with Crippen LogP contribution in [0.4, 0.5) is 0 Å². The van der Waals surface area contributed by atoms with Gasteiger partial charge in [0.25, 0.3) is 0 Å². The maximum atomic E-state index is 5.75. The van der Waals surface area contributed by atoms with Gasteiger partial charge in [0.2, 0.25) is 0 Å². The zero-order valence-corrected chi connectivity index (χ0v) is 17.4. The molecule has 0 amide bonds. The number of nitrogens with zero attached hydrogens (tertiary/aromatic N) is 1. The number of benzene rings is 1. The number of thioether (sulfide) groups is 1. The molecule has 0 saturated carbocycles.